The molecule has 1 amide bonds. The van der Waals surface area contributed by atoms with Crippen LogP contribution in [0, 0.1) is 24.1 Å². The number of thiophene rings is 1. The zero-order valence-electron chi connectivity index (χ0n) is 11.4. The Morgan fingerprint density at radius 1 is 1.29 bits per heavy atom. The van der Waals surface area contributed by atoms with Crippen molar-refractivity contribution < 1.29 is 14.0 Å². The van der Waals surface area contributed by atoms with Crippen molar-refractivity contribution in [2.75, 3.05) is 5.32 Å². The van der Waals surface area contributed by atoms with Gasteiger partial charge in [0.25, 0.3) is 5.91 Å². The number of anilines is 1. The Kier molecular flexibility index (Phi) is 4.15. The molecule has 0 saturated heterocycles. The topological polar surface area (TPSA) is 70.0 Å². The highest BCUT2D eigenvalue weighted by Gasteiger charge is 2.19. The molecular formula is C15H11FN2O2S. The van der Waals surface area contributed by atoms with Gasteiger partial charge in [0.05, 0.1) is 10.4 Å². The number of benzene rings is 1. The Morgan fingerprint density at radius 3 is 2.43 bits per heavy atom. The average Bonchev–Trinajstić information content (AvgIpc) is 2.75. The lowest BCUT2D eigenvalue weighted by Gasteiger charge is -2.03. The predicted molar refractivity (Wildman–Crippen MR) is 78.1 cm³/mol. The minimum Gasteiger partial charge on any atom is -0.312 e. The summed E-state index contributed by atoms with van der Waals surface area (Å²) in [6.07, 6.45) is 0. The predicted octanol–water partition coefficient (Wildman–Crippen LogP) is 3.52. The highest BCUT2D eigenvalue weighted by molar-refractivity contribution is 7.18. The molecule has 1 heterocycles. The molecule has 1 aromatic heterocycles. The van der Waals surface area contributed by atoms with Crippen molar-refractivity contribution in [3.63, 3.8) is 0 Å². The minimum atomic E-state index is -0.456. The molecule has 1 N–H and O–H groups in total. The lowest BCUT2D eigenvalue weighted by Crippen LogP contribution is -2.11. The number of rotatable bonds is 3. The van der Waals surface area contributed by atoms with Crippen molar-refractivity contribution in [3.8, 4) is 6.07 Å². The van der Waals surface area contributed by atoms with E-state index in [1.807, 2.05) is 6.07 Å². The monoisotopic (exact) mass is 302 g/mol. The summed E-state index contributed by atoms with van der Waals surface area (Å²) in [6.45, 7) is 3.07. The van der Waals surface area contributed by atoms with E-state index in [9.17, 15) is 14.0 Å². The van der Waals surface area contributed by atoms with E-state index in [0.717, 1.165) is 11.3 Å². The maximum atomic E-state index is 12.8. The maximum absolute atomic E-state index is 12.8. The standard InChI is InChI=1S/C15H11FN2O2S/c1-8-12(7-17)15(21-13(8)9(2)19)18-14(20)10-3-5-11(16)6-4-10/h3-6H,1-2H3,(H,18,20). The summed E-state index contributed by atoms with van der Waals surface area (Å²) in [5.74, 6) is -1.05. The van der Waals surface area contributed by atoms with Gasteiger partial charge in [0.1, 0.15) is 16.9 Å². The number of halogens is 1. The molecule has 0 fully saturated rings. The van der Waals surface area contributed by atoms with Gasteiger partial charge in [-0.25, -0.2) is 4.39 Å². The van der Waals surface area contributed by atoms with E-state index in [2.05, 4.69) is 5.32 Å². The van der Waals surface area contributed by atoms with Crippen molar-refractivity contribution in [1.82, 2.24) is 0 Å². The van der Waals surface area contributed by atoms with Gasteiger partial charge in [-0.3, -0.25) is 9.59 Å². The highest BCUT2D eigenvalue weighted by atomic mass is 32.1. The fourth-order valence-corrected chi connectivity index (χ4v) is 2.90. The molecule has 0 aliphatic heterocycles. The number of Topliss-reactive ketones (excluding diaryl/α,β-unsaturated/α-hetero) is 1. The van der Waals surface area contributed by atoms with Crippen LogP contribution in [0.4, 0.5) is 9.39 Å². The maximum Gasteiger partial charge on any atom is 0.256 e. The number of nitriles is 1. The van der Waals surface area contributed by atoms with Crippen molar-refractivity contribution in [3.05, 3.63) is 51.7 Å². The van der Waals surface area contributed by atoms with Crippen LogP contribution in [-0.4, -0.2) is 11.7 Å². The molecule has 0 atom stereocenters. The lowest BCUT2D eigenvalue weighted by molar-refractivity contribution is 0.101. The van der Waals surface area contributed by atoms with Gasteiger partial charge in [0, 0.05) is 5.56 Å². The molecule has 0 spiro atoms. The summed E-state index contributed by atoms with van der Waals surface area (Å²) in [4.78, 5) is 24.0. The van der Waals surface area contributed by atoms with Crippen LogP contribution < -0.4 is 5.32 Å². The highest BCUT2D eigenvalue weighted by Crippen LogP contribution is 2.33. The third-order valence-corrected chi connectivity index (χ3v) is 4.22. The number of carbonyl (C=O) groups is 2. The first-order chi connectivity index (χ1) is 9.93. The Labute approximate surface area is 124 Å². The lowest BCUT2D eigenvalue weighted by atomic mass is 10.1. The third kappa shape index (κ3) is 2.98. The smallest absolute Gasteiger partial charge is 0.256 e. The first-order valence-corrected chi connectivity index (χ1v) is 6.87. The SMILES string of the molecule is CC(=O)c1sc(NC(=O)c2ccc(F)cc2)c(C#N)c1C. The molecule has 0 aliphatic carbocycles. The number of ketones is 1. The Morgan fingerprint density at radius 2 is 1.90 bits per heavy atom. The van der Waals surface area contributed by atoms with Gasteiger partial charge >= 0.3 is 0 Å². The summed E-state index contributed by atoms with van der Waals surface area (Å²) >= 11 is 1.07. The Balaban J connectivity index is 2.33. The third-order valence-electron chi connectivity index (χ3n) is 2.91. The Bertz CT molecular complexity index is 757. The summed E-state index contributed by atoms with van der Waals surface area (Å²) in [5, 5.41) is 12.1. The largest absolute Gasteiger partial charge is 0.312 e. The molecule has 106 valence electrons. The summed E-state index contributed by atoms with van der Waals surface area (Å²) < 4.78 is 12.8. The fourth-order valence-electron chi connectivity index (χ4n) is 1.85. The van der Waals surface area contributed by atoms with Crippen LogP contribution in [0.15, 0.2) is 24.3 Å². The minimum absolute atomic E-state index is 0.156. The first kappa shape index (κ1) is 14.9. The Hall–Kier alpha value is -2.52. The number of amides is 1. The average molecular weight is 302 g/mol. The van der Waals surface area contributed by atoms with Crippen LogP contribution >= 0.6 is 11.3 Å². The summed E-state index contributed by atoms with van der Waals surface area (Å²) in [7, 11) is 0. The van der Waals surface area contributed by atoms with Gasteiger partial charge < -0.3 is 5.32 Å². The summed E-state index contributed by atoms with van der Waals surface area (Å²) in [5.41, 5.74) is 1.11. The van der Waals surface area contributed by atoms with Gasteiger partial charge in [0.15, 0.2) is 5.78 Å². The van der Waals surface area contributed by atoms with Crippen molar-refractivity contribution in [2.45, 2.75) is 13.8 Å². The van der Waals surface area contributed by atoms with Crippen LogP contribution in [0.1, 0.15) is 38.1 Å². The van der Waals surface area contributed by atoms with Gasteiger partial charge in [-0.1, -0.05) is 0 Å². The molecule has 0 unspecified atom stereocenters. The molecule has 6 heteroatoms. The molecular weight excluding hydrogens is 291 g/mol. The van der Waals surface area contributed by atoms with Gasteiger partial charge in [-0.15, -0.1) is 11.3 Å². The molecule has 2 aromatic rings. The molecule has 0 saturated carbocycles. The molecule has 1 aromatic carbocycles. The van der Waals surface area contributed by atoms with Gasteiger partial charge in [0.2, 0.25) is 0 Å². The molecule has 0 radical (unpaired) electrons. The van der Waals surface area contributed by atoms with Crippen molar-refractivity contribution in [2.24, 2.45) is 0 Å². The van der Waals surface area contributed by atoms with Crippen LogP contribution in [0.5, 0.6) is 0 Å². The number of nitrogens with zero attached hydrogens (tertiary/aromatic N) is 1. The van der Waals surface area contributed by atoms with Crippen LogP contribution in [0.25, 0.3) is 0 Å². The molecule has 0 bridgehead atoms. The fraction of sp³-hybridized carbons (Fsp3) is 0.133. The van der Waals surface area contributed by atoms with Gasteiger partial charge in [-0.2, -0.15) is 5.26 Å². The number of carbonyl (C=O) groups excluding carboxylic acids is 2. The van der Waals surface area contributed by atoms with E-state index in [-0.39, 0.29) is 16.9 Å². The summed E-state index contributed by atoms with van der Waals surface area (Å²) in [6, 6.07) is 7.05. The van der Waals surface area contributed by atoms with Crippen LogP contribution in [-0.2, 0) is 0 Å². The molecule has 0 aliphatic rings. The number of nitrogens with one attached hydrogen (secondary N) is 1. The first-order valence-electron chi connectivity index (χ1n) is 6.05. The van der Waals surface area contributed by atoms with Crippen molar-refractivity contribution >= 4 is 28.0 Å². The normalized spacial score (nSPS) is 10.0. The van der Waals surface area contributed by atoms with Crippen molar-refractivity contribution in [1.29, 1.82) is 5.26 Å². The second-order valence-electron chi connectivity index (χ2n) is 4.39. The number of hydrogen-bond acceptors (Lipinski definition) is 4. The van der Waals surface area contributed by atoms with E-state index in [4.69, 9.17) is 5.26 Å². The van der Waals surface area contributed by atoms with E-state index < -0.39 is 11.7 Å². The number of hydrogen-bond donors (Lipinski definition) is 1. The second-order valence-corrected chi connectivity index (χ2v) is 5.41. The van der Waals surface area contributed by atoms with E-state index in [1.165, 1.54) is 31.2 Å². The molecule has 4 nitrogen and oxygen atoms in total. The van der Waals surface area contributed by atoms with Crippen LogP contribution in [0.2, 0.25) is 0 Å². The zero-order chi connectivity index (χ0) is 15.6. The van der Waals surface area contributed by atoms with E-state index in [0.29, 0.717) is 15.4 Å². The molecule has 2 rings (SSSR count). The quantitative estimate of drug-likeness (QED) is 0.882. The van der Waals surface area contributed by atoms with Gasteiger partial charge in [-0.05, 0) is 43.7 Å². The van der Waals surface area contributed by atoms with Crippen LogP contribution in [0.3, 0.4) is 0 Å². The molecule has 21 heavy (non-hydrogen) atoms. The van der Waals surface area contributed by atoms with E-state index >= 15 is 0 Å². The zero-order valence-corrected chi connectivity index (χ0v) is 12.2. The second kappa shape index (κ2) is 5.85. The van der Waals surface area contributed by atoms with E-state index in [1.54, 1.807) is 6.92 Å².